The number of carbonyl (C=O) groups is 4. The predicted octanol–water partition coefficient (Wildman–Crippen LogP) is -0.455. The number of nitrogens with one attached hydrogen (secondary N) is 2. The highest BCUT2D eigenvalue weighted by atomic mass is 16.4. The summed E-state index contributed by atoms with van der Waals surface area (Å²) in [6.07, 6.45) is -0.209. The Morgan fingerprint density at radius 1 is 1.00 bits per heavy atom. The molecule has 0 rings (SSSR count). The Labute approximate surface area is 141 Å². The maximum atomic E-state index is 12.3. The average molecular weight is 345 g/mol. The molecule has 6 N–H and O–H groups in total. The van der Waals surface area contributed by atoms with Gasteiger partial charge in [-0.3, -0.25) is 14.4 Å². The molecule has 0 heterocycles. The molecule has 0 aromatic rings. The molecule has 0 spiro atoms. The molecule has 0 radical (unpaired) electrons. The van der Waals surface area contributed by atoms with Crippen LogP contribution in [-0.2, 0) is 19.2 Å². The molecule has 0 aromatic heterocycles. The van der Waals surface area contributed by atoms with Crippen LogP contribution in [0, 0.1) is 11.8 Å². The maximum absolute atomic E-state index is 12.3. The number of carboxylic acids is 2. The van der Waals surface area contributed by atoms with Gasteiger partial charge in [0.2, 0.25) is 11.8 Å². The summed E-state index contributed by atoms with van der Waals surface area (Å²) in [7, 11) is 0. The Morgan fingerprint density at radius 3 is 1.92 bits per heavy atom. The van der Waals surface area contributed by atoms with Crippen molar-refractivity contribution in [3.63, 3.8) is 0 Å². The van der Waals surface area contributed by atoms with Crippen LogP contribution in [-0.4, -0.2) is 52.1 Å². The zero-order chi connectivity index (χ0) is 19.0. The summed E-state index contributed by atoms with van der Waals surface area (Å²) in [5.74, 6) is -4.50. The summed E-state index contributed by atoms with van der Waals surface area (Å²) >= 11 is 0. The van der Waals surface area contributed by atoms with Crippen LogP contribution in [0.1, 0.15) is 40.5 Å². The first-order valence-electron chi connectivity index (χ1n) is 7.82. The third-order valence-electron chi connectivity index (χ3n) is 3.81. The SMILES string of the molecule is CC[C@H](C)[C@H](NC(=O)[C@@H](N)C(C)C)C(=O)N[C@@H](CC(=O)O)C(=O)O. The molecule has 0 aliphatic rings. The van der Waals surface area contributed by atoms with Crippen molar-refractivity contribution in [3.8, 4) is 0 Å². The third-order valence-corrected chi connectivity index (χ3v) is 3.81. The van der Waals surface area contributed by atoms with Crippen LogP contribution in [0.3, 0.4) is 0 Å². The average Bonchev–Trinajstić information content (AvgIpc) is 2.49. The first-order valence-corrected chi connectivity index (χ1v) is 7.82. The van der Waals surface area contributed by atoms with E-state index in [2.05, 4.69) is 10.6 Å². The van der Waals surface area contributed by atoms with Crippen LogP contribution >= 0.6 is 0 Å². The number of rotatable bonds is 10. The van der Waals surface area contributed by atoms with E-state index >= 15 is 0 Å². The van der Waals surface area contributed by atoms with E-state index in [4.69, 9.17) is 15.9 Å². The predicted molar refractivity (Wildman–Crippen MR) is 86.0 cm³/mol. The van der Waals surface area contributed by atoms with Gasteiger partial charge in [0, 0.05) is 0 Å². The molecule has 138 valence electrons. The third kappa shape index (κ3) is 6.95. The molecule has 24 heavy (non-hydrogen) atoms. The van der Waals surface area contributed by atoms with Gasteiger partial charge >= 0.3 is 11.9 Å². The summed E-state index contributed by atoms with van der Waals surface area (Å²) in [4.78, 5) is 46.2. The Balaban J connectivity index is 5.16. The number of amides is 2. The molecule has 0 saturated carbocycles. The molecule has 4 atom stereocenters. The fourth-order valence-electron chi connectivity index (χ4n) is 1.89. The van der Waals surface area contributed by atoms with Gasteiger partial charge in [0.05, 0.1) is 12.5 Å². The first-order chi connectivity index (χ1) is 11.0. The highest BCUT2D eigenvalue weighted by molar-refractivity contribution is 5.93. The molecular formula is C15H27N3O6. The summed E-state index contributed by atoms with van der Waals surface area (Å²) in [6.45, 7) is 7.05. The molecule has 0 unspecified atom stereocenters. The van der Waals surface area contributed by atoms with Crippen LogP contribution in [0.5, 0.6) is 0 Å². The lowest BCUT2D eigenvalue weighted by Gasteiger charge is -2.27. The summed E-state index contributed by atoms with van der Waals surface area (Å²) in [6, 6.07) is -3.38. The van der Waals surface area contributed by atoms with E-state index in [1.807, 2.05) is 6.92 Å². The second-order valence-corrected chi connectivity index (χ2v) is 6.14. The van der Waals surface area contributed by atoms with Crippen LogP contribution < -0.4 is 16.4 Å². The van der Waals surface area contributed by atoms with Crippen molar-refractivity contribution in [2.75, 3.05) is 0 Å². The summed E-state index contributed by atoms with van der Waals surface area (Å²) in [5, 5.41) is 22.4. The van der Waals surface area contributed by atoms with E-state index in [9.17, 15) is 19.2 Å². The molecule has 9 nitrogen and oxygen atoms in total. The molecule has 0 bridgehead atoms. The lowest BCUT2D eigenvalue weighted by molar-refractivity contribution is -0.147. The van der Waals surface area contributed by atoms with Gasteiger partial charge in [-0.25, -0.2) is 4.79 Å². The second kappa shape index (κ2) is 9.86. The Morgan fingerprint density at radius 2 is 1.54 bits per heavy atom. The van der Waals surface area contributed by atoms with Crippen molar-refractivity contribution < 1.29 is 29.4 Å². The van der Waals surface area contributed by atoms with Gasteiger partial charge in [0.25, 0.3) is 0 Å². The number of nitrogens with two attached hydrogens (primary N) is 1. The lowest BCUT2D eigenvalue weighted by Crippen LogP contribution is -2.57. The van der Waals surface area contributed by atoms with Crippen LogP contribution in [0.15, 0.2) is 0 Å². The van der Waals surface area contributed by atoms with Gasteiger partial charge in [-0.2, -0.15) is 0 Å². The van der Waals surface area contributed by atoms with E-state index < -0.39 is 48.3 Å². The number of hydrogen-bond acceptors (Lipinski definition) is 5. The van der Waals surface area contributed by atoms with Crippen LogP contribution in [0.25, 0.3) is 0 Å². The van der Waals surface area contributed by atoms with Crippen molar-refractivity contribution in [2.24, 2.45) is 17.6 Å². The Kier molecular flexibility index (Phi) is 8.97. The zero-order valence-corrected chi connectivity index (χ0v) is 14.4. The highest BCUT2D eigenvalue weighted by Crippen LogP contribution is 2.10. The van der Waals surface area contributed by atoms with Crippen LogP contribution in [0.4, 0.5) is 0 Å². The van der Waals surface area contributed by atoms with Crippen molar-refractivity contribution in [2.45, 2.75) is 58.7 Å². The van der Waals surface area contributed by atoms with Gasteiger partial charge in [0.15, 0.2) is 0 Å². The maximum Gasteiger partial charge on any atom is 0.326 e. The van der Waals surface area contributed by atoms with Crippen molar-refractivity contribution in [3.05, 3.63) is 0 Å². The van der Waals surface area contributed by atoms with Crippen molar-refractivity contribution in [1.29, 1.82) is 0 Å². The Bertz CT molecular complexity index is 480. The summed E-state index contributed by atoms with van der Waals surface area (Å²) < 4.78 is 0. The van der Waals surface area contributed by atoms with Crippen molar-refractivity contribution >= 4 is 23.8 Å². The summed E-state index contributed by atoms with van der Waals surface area (Å²) in [5.41, 5.74) is 5.75. The quantitative estimate of drug-likeness (QED) is 0.358. The van der Waals surface area contributed by atoms with Gasteiger partial charge in [-0.05, 0) is 11.8 Å². The minimum atomic E-state index is -1.57. The van der Waals surface area contributed by atoms with Gasteiger partial charge in [-0.15, -0.1) is 0 Å². The normalized spacial score (nSPS) is 15.9. The molecule has 0 aliphatic carbocycles. The highest BCUT2D eigenvalue weighted by Gasteiger charge is 2.32. The Hall–Kier alpha value is -2.16. The van der Waals surface area contributed by atoms with Gasteiger partial charge in [0.1, 0.15) is 12.1 Å². The number of carbonyl (C=O) groups excluding carboxylic acids is 2. The van der Waals surface area contributed by atoms with Gasteiger partial charge in [-0.1, -0.05) is 34.1 Å². The minimum Gasteiger partial charge on any atom is -0.481 e. The second-order valence-electron chi connectivity index (χ2n) is 6.14. The standard InChI is InChI=1S/C15H27N3O6/c1-5-8(4)12(18-13(21)11(16)7(2)3)14(22)17-9(15(23)24)6-10(19)20/h7-9,11-12H,5-6,16H2,1-4H3,(H,17,22)(H,18,21)(H,19,20)(H,23,24)/t8-,9-,11-,12-/m0/s1. The van der Waals surface area contributed by atoms with E-state index in [1.54, 1.807) is 20.8 Å². The number of hydrogen-bond donors (Lipinski definition) is 5. The smallest absolute Gasteiger partial charge is 0.326 e. The zero-order valence-electron chi connectivity index (χ0n) is 14.4. The van der Waals surface area contributed by atoms with E-state index in [0.717, 1.165) is 0 Å². The fraction of sp³-hybridized carbons (Fsp3) is 0.733. The molecular weight excluding hydrogens is 318 g/mol. The molecule has 9 heteroatoms. The monoisotopic (exact) mass is 345 g/mol. The molecule has 2 amide bonds. The molecule has 0 saturated heterocycles. The fourth-order valence-corrected chi connectivity index (χ4v) is 1.89. The van der Waals surface area contributed by atoms with Gasteiger partial charge < -0.3 is 26.6 Å². The van der Waals surface area contributed by atoms with Crippen LogP contribution in [0.2, 0.25) is 0 Å². The van der Waals surface area contributed by atoms with E-state index in [-0.39, 0.29) is 11.8 Å². The molecule has 0 aromatic carbocycles. The number of carboxylic acid groups (broad SMARTS) is 2. The topological polar surface area (TPSA) is 159 Å². The minimum absolute atomic E-state index is 0.135. The van der Waals surface area contributed by atoms with E-state index in [0.29, 0.717) is 6.42 Å². The largest absolute Gasteiger partial charge is 0.481 e. The molecule has 0 fully saturated rings. The number of aliphatic carboxylic acids is 2. The van der Waals surface area contributed by atoms with Crippen molar-refractivity contribution in [1.82, 2.24) is 10.6 Å². The molecule has 0 aliphatic heterocycles. The van der Waals surface area contributed by atoms with E-state index in [1.165, 1.54) is 0 Å². The lowest BCUT2D eigenvalue weighted by atomic mass is 9.96. The first kappa shape index (κ1) is 21.8.